The van der Waals surface area contributed by atoms with E-state index in [1.165, 1.54) is 0 Å². The number of carboxylic acid groups (broad SMARTS) is 1. The van der Waals surface area contributed by atoms with Gasteiger partial charge in [-0.1, -0.05) is 12.1 Å². The van der Waals surface area contributed by atoms with Crippen molar-refractivity contribution < 1.29 is 19.4 Å². The lowest BCUT2D eigenvalue weighted by molar-refractivity contribution is -0.139. The molecule has 7 heteroatoms. The first-order valence-electron chi connectivity index (χ1n) is 9.51. The van der Waals surface area contributed by atoms with Gasteiger partial charge in [-0.2, -0.15) is 5.10 Å². The highest BCUT2D eigenvalue weighted by Gasteiger charge is 2.32. The largest absolute Gasteiger partial charge is 0.482 e. The number of hydrogen-bond acceptors (Lipinski definition) is 4. The summed E-state index contributed by atoms with van der Waals surface area (Å²) in [4.78, 5) is 23.3. The van der Waals surface area contributed by atoms with Crippen LogP contribution in [-0.2, 0) is 10.3 Å². The fourth-order valence-corrected chi connectivity index (χ4v) is 3.07. The van der Waals surface area contributed by atoms with Crippen LogP contribution in [0.15, 0.2) is 30.3 Å². The monoisotopic (exact) mass is 385 g/mol. The maximum atomic E-state index is 12.7. The Hall–Kier alpha value is -2.83. The van der Waals surface area contributed by atoms with Gasteiger partial charge in [-0.3, -0.25) is 9.48 Å². The quantitative estimate of drug-likeness (QED) is 0.761. The molecule has 1 aromatic carbocycles. The van der Waals surface area contributed by atoms with Gasteiger partial charge in [0.1, 0.15) is 11.4 Å². The number of aliphatic carboxylic acids is 1. The minimum Gasteiger partial charge on any atom is -0.482 e. The van der Waals surface area contributed by atoms with E-state index in [-0.39, 0.29) is 24.1 Å². The molecule has 1 heterocycles. The highest BCUT2D eigenvalue weighted by atomic mass is 16.5. The van der Waals surface area contributed by atoms with Crippen molar-refractivity contribution in [3.05, 3.63) is 47.3 Å². The number of nitrogens with zero attached hydrogens (tertiary/aromatic N) is 2. The van der Waals surface area contributed by atoms with Crippen LogP contribution in [0.25, 0.3) is 0 Å². The molecule has 1 aliphatic carbocycles. The summed E-state index contributed by atoms with van der Waals surface area (Å²) in [6.07, 6.45) is 2.30. The van der Waals surface area contributed by atoms with Crippen LogP contribution in [0.4, 0.5) is 0 Å². The van der Waals surface area contributed by atoms with Crippen LogP contribution in [0.3, 0.4) is 0 Å². The molecule has 1 aliphatic rings. The molecule has 0 aliphatic heterocycles. The van der Waals surface area contributed by atoms with E-state index in [4.69, 9.17) is 9.84 Å². The fourth-order valence-electron chi connectivity index (χ4n) is 3.07. The van der Waals surface area contributed by atoms with E-state index in [9.17, 15) is 9.59 Å². The van der Waals surface area contributed by atoms with E-state index < -0.39 is 5.97 Å². The summed E-state index contributed by atoms with van der Waals surface area (Å²) in [6.45, 7) is 7.78. The topological polar surface area (TPSA) is 93.5 Å². The van der Waals surface area contributed by atoms with Gasteiger partial charge in [0, 0.05) is 11.6 Å². The van der Waals surface area contributed by atoms with Crippen LogP contribution in [0.2, 0.25) is 0 Å². The molecule has 0 saturated heterocycles. The Morgan fingerprint density at radius 1 is 1.29 bits per heavy atom. The molecule has 0 radical (unpaired) electrons. The molecule has 2 aromatic rings. The first-order chi connectivity index (χ1) is 13.1. The van der Waals surface area contributed by atoms with E-state index in [1.54, 1.807) is 12.1 Å². The van der Waals surface area contributed by atoms with Crippen molar-refractivity contribution >= 4 is 11.9 Å². The van der Waals surface area contributed by atoms with E-state index in [0.29, 0.717) is 17.4 Å². The third-order valence-corrected chi connectivity index (χ3v) is 4.69. The zero-order valence-electron chi connectivity index (χ0n) is 16.7. The minimum absolute atomic E-state index is 0.173. The summed E-state index contributed by atoms with van der Waals surface area (Å²) in [5.41, 5.74) is 2.29. The number of nitrogens with one attached hydrogen (secondary N) is 1. The minimum atomic E-state index is -1.02. The van der Waals surface area contributed by atoms with E-state index >= 15 is 0 Å². The number of aromatic nitrogens is 2. The van der Waals surface area contributed by atoms with Crippen molar-refractivity contribution in [1.82, 2.24) is 15.1 Å². The standard InChI is InChI=1S/C21H27N3O4/c1-13(14-7-9-16(10-8-14)28-12-19(25)26)22-20(27)17-11-18(15-5-6-15)24(23-17)21(2,3)4/h7-11,13,15H,5-6,12H2,1-4H3,(H,22,27)(H,25,26). The Morgan fingerprint density at radius 3 is 2.46 bits per heavy atom. The molecular weight excluding hydrogens is 358 g/mol. The Bertz CT molecular complexity index is 861. The zero-order chi connectivity index (χ0) is 20.5. The Balaban J connectivity index is 1.68. The fraction of sp³-hybridized carbons (Fsp3) is 0.476. The van der Waals surface area contributed by atoms with Gasteiger partial charge in [0.2, 0.25) is 0 Å². The SMILES string of the molecule is CC(NC(=O)c1cc(C2CC2)n(C(C)(C)C)n1)c1ccc(OCC(=O)O)cc1. The van der Waals surface area contributed by atoms with Crippen molar-refractivity contribution in [3.8, 4) is 5.75 Å². The summed E-state index contributed by atoms with van der Waals surface area (Å²) in [5.74, 6) is -0.250. The van der Waals surface area contributed by atoms with Crippen molar-refractivity contribution in [2.24, 2.45) is 0 Å². The van der Waals surface area contributed by atoms with Crippen LogP contribution in [0, 0.1) is 0 Å². The number of rotatable bonds is 7. The molecular formula is C21H27N3O4. The Morgan fingerprint density at radius 2 is 1.93 bits per heavy atom. The van der Waals surface area contributed by atoms with Crippen molar-refractivity contribution in [2.45, 2.75) is 58.0 Å². The van der Waals surface area contributed by atoms with Crippen LogP contribution in [0.1, 0.15) is 74.2 Å². The summed E-state index contributed by atoms with van der Waals surface area (Å²) in [5, 5.41) is 16.2. The molecule has 150 valence electrons. The molecule has 0 bridgehead atoms. The van der Waals surface area contributed by atoms with Gasteiger partial charge in [-0.25, -0.2) is 4.79 Å². The zero-order valence-corrected chi connectivity index (χ0v) is 16.7. The van der Waals surface area contributed by atoms with Crippen LogP contribution >= 0.6 is 0 Å². The molecule has 28 heavy (non-hydrogen) atoms. The maximum absolute atomic E-state index is 12.7. The second-order valence-corrected chi connectivity index (χ2v) is 8.26. The van der Waals surface area contributed by atoms with Gasteiger partial charge < -0.3 is 15.2 Å². The first kappa shape index (κ1) is 19.9. The van der Waals surface area contributed by atoms with Crippen LogP contribution in [-0.4, -0.2) is 33.4 Å². The number of carbonyl (C=O) groups excluding carboxylic acids is 1. The van der Waals surface area contributed by atoms with E-state index in [0.717, 1.165) is 24.1 Å². The van der Waals surface area contributed by atoms with Crippen LogP contribution < -0.4 is 10.1 Å². The lowest BCUT2D eigenvalue weighted by atomic mass is 10.1. The van der Waals surface area contributed by atoms with Crippen molar-refractivity contribution in [3.63, 3.8) is 0 Å². The van der Waals surface area contributed by atoms with Crippen molar-refractivity contribution in [2.75, 3.05) is 6.61 Å². The molecule has 0 spiro atoms. The molecule has 1 unspecified atom stereocenters. The second kappa shape index (κ2) is 7.66. The maximum Gasteiger partial charge on any atom is 0.341 e. The lowest BCUT2D eigenvalue weighted by Crippen LogP contribution is -2.29. The summed E-state index contributed by atoms with van der Waals surface area (Å²) in [6, 6.07) is 8.70. The smallest absolute Gasteiger partial charge is 0.341 e. The molecule has 1 fully saturated rings. The number of carboxylic acids is 1. The second-order valence-electron chi connectivity index (χ2n) is 8.26. The van der Waals surface area contributed by atoms with E-state index in [1.807, 2.05) is 29.8 Å². The van der Waals surface area contributed by atoms with Gasteiger partial charge in [-0.15, -0.1) is 0 Å². The Kier molecular flexibility index (Phi) is 5.45. The third kappa shape index (κ3) is 4.71. The average molecular weight is 385 g/mol. The number of hydrogen-bond donors (Lipinski definition) is 2. The lowest BCUT2D eigenvalue weighted by Gasteiger charge is -2.22. The number of benzene rings is 1. The molecule has 3 rings (SSSR count). The highest BCUT2D eigenvalue weighted by Crippen LogP contribution is 2.41. The predicted molar refractivity (Wildman–Crippen MR) is 105 cm³/mol. The third-order valence-electron chi connectivity index (χ3n) is 4.69. The van der Waals surface area contributed by atoms with Gasteiger partial charge in [0.05, 0.1) is 11.6 Å². The number of carbonyl (C=O) groups is 2. The number of amides is 1. The highest BCUT2D eigenvalue weighted by molar-refractivity contribution is 5.92. The van der Waals surface area contributed by atoms with Gasteiger partial charge in [0.15, 0.2) is 6.61 Å². The summed E-state index contributed by atoms with van der Waals surface area (Å²) < 4.78 is 7.10. The number of ether oxygens (including phenoxy) is 1. The first-order valence-corrected chi connectivity index (χ1v) is 9.51. The van der Waals surface area contributed by atoms with Gasteiger partial charge >= 0.3 is 5.97 Å². The Labute approximate surface area is 164 Å². The molecule has 1 saturated carbocycles. The summed E-state index contributed by atoms with van der Waals surface area (Å²) >= 11 is 0. The molecule has 1 atom stereocenters. The summed E-state index contributed by atoms with van der Waals surface area (Å²) in [7, 11) is 0. The predicted octanol–water partition coefficient (Wildman–Crippen LogP) is 3.47. The van der Waals surface area contributed by atoms with E-state index in [2.05, 4.69) is 31.2 Å². The average Bonchev–Trinajstić information content (AvgIpc) is 3.36. The molecule has 1 aromatic heterocycles. The normalized spacial score (nSPS) is 15.1. The van der Waals surface area contributed by atoms with Crippen molar-refractivity contribution in [1.29, 1.82) is 0 Å². The van der Waals surface area contributed by atoms with Gasteiger partial charge in [0.25, 0.3) is 5.91 Å². The van der Waals surface area contributed by atoms with Gasteiger partial charge in [-0.05, 0) is 64.3 Å². The molecule has 1 amide bonds. The van der Waals surface area contributed by atoms with Crippen LogP contribution in [0.5, 0.6) is 5.75 Å². The molecule has 2 N–H and O–H groups in total. The molecule has 7 nitrogen and oxygen atoms in total.